The van der Waals surface area contributed by atoms with Gasteiger partial charge in [-0.2, -0.15) is 13.2 Å². The molecule has 0 aromatic carbocycles. The lowest BCUT2D eigenvalue weighted by molar-refractivity contribution is -0.231. The fourth-order valence-electron chi connectivity index (χ4n) is 2.73. The molecule has 1 rings (SSSR count). The van der Waals surface area contributed by atoms with E-state index >= 15 is 0 Å². The highest BCUT2D eigenvalue weighted by molar-refractivity contribution is 6.29. The average molecular weight is 369 g/mol. The van der Waals surface area contributed by atoms with E-state index in [0.717, 1.165) is 6.42 Å². The third kappa shape index (κ3) is 5.24. The minimum absolute atomic E-state index is 0.320. The Morgan fingerprint density at radius 1 is 1.42 bits per heavy atom. The third-order valence-electron chi connectivity index (χ3n) is 4.14. The summed E-state index contributed by atoms with van der Waals surface area (Å²) in [6.07, 6.45) is -3.81. The van der Waals surface area contributed by atoms with Crippen LogP contribution in [0.25, 0.3) is 0 Å². The first-order valence-electron chi connectivity index (χ1n) is 8.01. The van der Waals surface area contributed by atoms with Gasteiger partial charge in [-0.15, -0.1) is 0 Å². The van der Waals surface area contributed by atoms with Crippen LogP contribution in [-0.4, -0.2) is 29.5 Å². The van der Waals surface area contributed by atoms with Gasteiger partial charge in [0.15, 0.2) is 6.10 Å². The van der Waals surface area contributed by atoms with Gasteiger partial charge in [0.2, 0.25) is 0 Å². The first-order chi connectivity index (χ1) is 11.0. The monoisotopic (exact) mass is 368 g/mol. The van der Waals surface area contributed by atoms with Crippen LogP contribution in [0.2, 0.25) is 0 Å². The molecule has 0 amide bonds. The molecule has 0 saturated carbocycles. The van der Waals surface area contributed by atoms with Crippen molar-refractivity contribution in [1.82, 2.24) is 0 Å². The van der Waals surface area contributed by atoms with Crippen LogP contribution in [0.5, 0.6) is 0 Å². The lowest BCUT2D eigenvalue weighted by Crippen LogP contribution is -2.46. The van der Waals surface area contributed by atoms with Crippen LogP contribution in [0.15, 0.2) is 22.8 Å². The second-order valence-corrected chi connectivity index (χ2v) is 6.95. The Hall–Kier alpha value is -1.01. The van der Waals surface area contributed by atoms with Crippen LogP contribution >= 0.6 is 11.6 Å². The quantitative estimate of drug-likeness (QED) is 0.704. The van der Waals surface area contributed by atoms with Crippen LogP contribution in [0.1, 0.15) is 40.5 Å². The van der Waals surface area contributed by atoms with Gasteiger partial charge in [0.05, 0.1) is 11.7 Å². The number of hydrogen-bond acceptors (Lipinski definition) is 2. The summed E-state index contributed by atoms with van der Waals surface area (Å²) < 4.78 is 44.4. The Morgan fingerprint density at radius 2 is 2.00 bits per heavy atom. The molecule has 3 nitrogen and oxygen atoms in total. The molecule has 1 N–H and O–H groups in total. The summed E-state index contributed by atoms with van der Waals surface area (Å²) >= 11 is 6.29. The molecule has 1 aliphatic heterocycles. The van der Waals surface area contributed by atoms with E-state index in [0.29, 0.717) is 17.4 Å². The normalized spacial score (nSPS) is 27.1. The van der Waals surface area contributed by atoms with Crippen molar-refractivity contribution in [2.24, 2.45) is 17.8 Å². The van der Waals surface area contributed by atoms with E-state index in [2.05, 4.69) is 0 Å². The number of carboxylic acid groups (broad SMARTS) is 1. The smallest absolute Gasteiger partial charge is 0.419 e. The van der Waals surface area contributed by atoms with Gasteiger partial charge in [0.1, 0.15) is 0 Å². The van der Waals surface area contributed by atoms with Crippen LogP contribution in [0.3, 0.4) is 0 Å². The van der Waals surface area contributed by atoms with Crippen molar-refractivity contribution in [2.75, 3.05) is 0 Å². The van der Waals surface area contributed by atoms with Crippen molar-refractivity contribution in [3.63, 3.8) is 0 Å². The fourth-order valence-corrected chi connectivity index (χ4v) is 2.97. The predicted molar refractivity (Wildman–Crippen MR) is 86.8 cm³/mol. The van der Waals surface area contributed by atoms with Gasteiger partial charge in [-0.3, -0.25) is 0 Å². The van der Waals surface area contributed by atoms with Gasteiger partial charge in [-0.05, 0) is 18.8 Å². The van der Waals surface area contributed by atoms with Gasteiger partial charge in [0, 0.05) is 16.9 Å². The van der Waals surface area contributed by atoms with E-state index in [1.165, 1.54) is 6.08 Å². The van der Waals surface area contributed by atoms with E-state index in [1.54, 1.807) is 13.8 Å². The molecule has 4 atom stereocenters. The number of rotatable bonds is 6. The first kappa shape index (κ1) is 21.0. The van der Waals surface area contributed by atoms with Crippen LogP contribution in [0.4, 0.5) is 13.2 Å². The molecule has 138 valence electrons. The van der Waals surface area contributed by atoms with Crippen molar-refractivity contribution in [3.8, 4) is 0 Å². The van der Waals surface area contributed by atoms with Gasteiger partial charge in [0.25, 0.3) is 0 Å². The number of alkyl halides is 3. The molecular formula is C17H24ClF3O3. The Balaban J connectivity index is 3.18. The molecule has 24 heavy (non-hydrogen) atoms. The number of ether oxygens (including phenoxy) is 1. The van der Waals surface area contributed by atoms with E-state index in [4.69, 9.17) is 21.4 Å². The van der Waals surface area contributed by atoms with Crippen molar-refractivity contribution < 1.29 is 27.8 Å². The van der Waals surface area contributed by atoms with Gasteiger partial charge in [-0.1, -0.05) is 51.4 Å². The maximum Gasteiger partial charge on any atom is 0.419 e. The summed E-state index contributed by atoms with van der Waals surface area (Å²) in [6.45, 7) is 7.55. The van der Waals surface area contributed by atoms with E-state index in [-0.39, 0.29) is 5.92 Å². The average Bonchev–Trinajstić information content (AvgIpc) is 2.49. The third-order valence-corrected chi connectivity index (χ3v) is 4.64. The van der Waals surface area contributed by atoms with E-state index < -0.39 is 35.8 Å². The Morgan fingerprint density at radius 3 is 2.42 bits per heavy atom. The van der Waals surface area contributed by atoms with Crippen LogP contribution in [-0.2, 0) is 9.53 Å². The summed E-state index contributed by atoms with van der Waals surface area (Å²) in [5.41, 5.74) is -0.766. The van der Waals surface area contributed by atoms with Crippen LogP contribution in [0, 0.1) is 17.8 Å². The number of halogens is 4. The molecule has 0 aliphatic carbocycles. The molecule has 4 unspecified atom stereocenters. The molecule has 0 fully saturated rings. The number of hydrogen-bond donors (Lipinski definition) is 1. The highest BCUT2D eigenvalue weighted by Crippen LogP contribution is 2.40. The molecule has 0 saturated heterocycles. The summed E-state index contributed by atoms with van der Waals surface area (Å²) in [6, 6.07) is 0. The Labute approximate surface area is 145 Å². The summed E-state index contributed by atoms with van der Waals surface area (Å²) in [5, 5.41) is 9.67. The van der Waals surface area contributed by atoms with E-state index in [1.807, 2.05) is 19.9 Å². The molecule has 0 aromatic rings. The largest absolute Gasteiger partial charge is 0.478 e. The molecule has 7 heteroatoms. The predicted octanol–water partition coefficient (Wildman–Crippen LogP) is 5.16. The van der Waals surface area contributed by atoms with Gasteiger partial charge >= 0.3 is 12.1 Å². The topological polar surface area (TPSA) is 46.5 Å². The van der Waals surface area contributed by atoms with E-state index in [9.17, 15) is 18.0 Å². The second-order valence-electron chi connectivity index (χ2n) is 6.52. The zero-order valence-corrected chi connectivity index (χ0v) is 15.0. The van der Waals surface area contributed by atoms with Gasteiger partial charge in [-0.25, -0.2) is 4.79 Å². The minimum Gasteiger partial charge on any atom is -0.478 e. The fraction of sp³-hybridized carbons (Fsp3) is 0.706. The molecule has 1 heterocycles. The molecule has 0 spiro atoms. The second kappa shape index (κ2) is 8.39. The summed E-state index contributed by atoms with van der Waals surface area (Å²) in [4.78, 5) is 11.3. The number of allylic oxidation sites excluding steroid dienone is 2. The summed E-state index contributed by atoms with van der Waals surface area (Å²) in [7, 11) is 0. The molecule has 0 aromatic heterocycles. The number of aliphatic carboxylic acids is 1. The zero-order chi connectivity index (χ0) is 18.7. The molecule has 1 aliphatic rings. The Bertz CT molecular complexity index is 512. The van der Waals surface area contributed by atoms with Crippen molar-refractivity contribution in [2.45, 2.75) is 58.9 Å². The maximum absolute atomic E-state index is 13.1. The molecular weight excluding hydrogens is 345 g/mol. The zero-order valence-electron chi connectivity index (χ0n) is 14.2. The van der Waals surface area contributed by atoms with Crippen molar-refractivity contribution in [1.29, 1.82) is 0 Å². The number of carboxylic acids is 1. The molecule has 0 bridgehead atoms. The maximum atomic E-state index is 13.1. The minimum atomic E-state index is -4.76. The van der Waals surface area contributed by atoms with Crippen molar-refractivity contribution in [3.05, 3.63) is 22.8 Å². The summed E-state index contributed by atoms with van der Waals surface area (Å²) in [5.74, 6) is -2.06. The lowest BCUT2D eigenvalue weighted by atomic mass is 9.82. The van der Waals surface area contributed by atoms with Crippen molar-refractivity contribution >= 4 is 17.6 Å². The highest BCUT2D eigenvalue weighted by atomic mass is 35.5. The van der Waals surface area contributed by atoms with Gasteiger partial charge < -0.3 is 9.84 Å². The van der Waals surface area contributed by atoms with Crippen LogP contribution < -0.4 is 0 Å². The Kier molecular flexibility index (Phi) is 7.35. The lowest BCUT2D eigenvalue weighted by Gasteiger charge is -2.37. The highest BCUT2D eigenvalue weighted by Gasteiger charge is 2.50. The molecule has 0 radical (unpaired) electrons. The SMILES string of the molecule is CCC1OC(C(F)(F)F)C(C(=O)O)=CC1C(C)/C(Cl)=C\CC(C)C. The standard InChI is InChI=1S/C17H24ClF3O3/c1-5-14-11(10(4)13(18)7-6-9(2)3)8-12(16(22)23)15(24-14)17(19,20)21/h7-11,14-15H,5-6H2,1-4H3,(H,22,23)/b13-7+. The number of carbonyl (C=O) groups is 1. The first-order valence-corrected chi connectivity index (χ1v) is 8.39.